The van der Waals surface area contributed by atoms with Crippen molar-refractivity contribution in [2.75, 3.05) is 5.32 Å². The van der Waals surface area contributed by atoms with Crippen LogP contribution in [0.1, 0.15) is 57.2 Å². The Bertz CT molecular complexity index is 950. The Balaban J connectivity index is 1.47. The van der Waals surface area contributed by atoms with Gasteiger partial charge < -0.3 is 15.4 Å². The molecule has 3 N–H and O–H groups in total. The molecule has 6 nitrogen and oxygen atoms in total. The van der Waals surface area contributed by atoms with Crippen LogP contribution < -0.4 is 10.9 Å². The van der Waals surface area contributed by atoms with Crippen LogP contribution in [-0.2, 0) is 10.5 Å². The SMILES string of the molecule is O=c1[nH]c(CS[C@H]2CC[C@H](C(=O)O)CC2)nc2cc(NC3CCCC3)cc(F)c12. The Morgan fingerprint density at radius 3 is 2.62 bits per heavy atom. The quantitative estimate of drug-likeness (QED) is 0.646. The number of aliphatic carboxylic acids is 1. The average molecular weight is 420 g/mol. The molecule has 2 fully saturated rings. The molecule has 1 heterocycles. The van der Waals surface area contributed by atoms with Crippen molar-refractivity contribution in [3.05, 3.63) is 34.1 Å². The number of thioether (sulfide) groups is 1. The van der Waals surface area contributed by atoms with Gasteiger partial charge in [-0.2, -0.15) is 11.8 Å². The van der Waals surface area contributed by atoms with E-state index in [1.807, 2.05) is 0 Å². The second kappa shape index (κ2) is 8.73. The smallest absolute Gasteiger partial charge is 0.306 e. The van der Waals surface area contributed by atoms with Crippen molar-refractivity contribution in [2.24, 2.45) is 5.92 Å². The standard InChI is InChI=1S/C21H26FN3O3S/c22-16-9-14(23-13-3-1-2-4-13)10-17-19(16)20(26)25-18(24-17)11-29-15-7-5-12(6-8-15)21(27)28/h9-10,12-13,15,23H,1-8,11H2,(H,27,28)(H,24,25,26)/t12-,15-. The van der Waals surface area contributed by atoms with E-state index in [-0.39, 0.29) is 11.3 Å². The number of halogens is 1. The zero-order valence-corrected chi connectivity index (χ0v) is 17.1. The minimum absolute atomic E-state index is 0.00214. The number of carbonyl (C=O) groups is 1. The number of benzene rings is 1. The summed E-state index contributed by atoms with van der Waals surface area (Å²) in [6.07, 6.45) is 7.60. The molecule has 1 aromatic carbocycles. The van der Waals surface area contributed by atoms with E-state index in [9.17, 15) is 14.0 Å². The first-order valence-corrected chi connectivity index (χ1v) is 11.4. The van der Waals surface area contributed by atoms with Gasteiger partial charge in [-0.3, -0.25) is 9.59 Å². The third-order valence-corrected chi connectivity index (χ3v) is 7.40. The van der Waals surface area contributed by atoms with E-state index in [0.29, 0.717) is 46.9 Å². The number of aromatic nitrogens is 2. The maximum atomic E-state index is 14.5. The molecule has 0 saturated heterocycles. The fourth-order valence-electron chi connectivity index (χ4n) is 4.40. The highest BCUT2D eigenvalue weighted by Gasteiger charge is 2.26. The van der Waals surface area contributed by atoms with Gasteiger partial charge in [-0.1, -0.05) is 12.8 Å². The number of nitrogens with one attached hydrogen (secondary N) is 2. The molecule has 29 heavy (non-hydrogen) atoms. The second-order valence-corrected chi connectivity index (χ2v) is 9.40. The number of aromatic amines is 1. The van der Waals surface area contributed by atoms with Gasteiger partial charge in [0.15, 0.2) is 0 Å². The van der Waals surface area contributed by atoms with Crippen LogP contribution in [0.5, 0.6) is 0 Å². The lowest BCUT2D eigenvalue weighted by molar-refractivity contribution is -0.142. The summed E-state index contributed by atoms with van der Waals surface area (Å²) < 4.78 is 14.5. The monoisotopic (exact) mass is 419 g/mol. The van der Waals surface area contributed by atoms with Gasteiger partial charge in [-0.25, -0.2) is 9.37 Å². The highest BCUT2D eigenvalue weighted by atomic mass is 32.2. The number of carboxylic acid groups (broad SMARTS) is 1. The van der Waals surface area contributed by atoms with Crippen molar-refractivity contribution >= 4 is 34.3 Å². The second-order valence-electron chi connectivity index (χ2n) is 8.11. The van der Waals surface area contributed by atoms with Gasteiger partial charge >= 0.3 is 5.97 Å². The number of hydrogen-bond acceptors (Lipinski definition) is 5. The Morgan fingerprint density at radius 1 is 1.21 bits per heavy atom. The maximum Gasteiger partial charge on any atom is 0.306 e. The molecule has 156 valence electrons. The third-order valence-electron chi connectivity index (χ3n) is 6.01. The molecule has 0 spiro atoms. The van der Waals surface area contributed by atoms with E-state index in [1.54, 1.807) is 17.8 Å². The summed E-state index contributed by atoms with van der Waals surface area (Å²) in [6.45, 7) is 0. The minimum Gasteiger partial charge on any atom is -0.481 e. The van der Waals surface area contributed by atoms with E-state index in [4.69, 9.17) is 5.11 Å². The number of carboxylic acids is 1. The Kier molecular flexibility index (Phi) is 6.08. The summed E-state index contributed by atoms with van der Waals surface area (Å²) in [4.78, 5) is 30.7. The molecule has 0 bridgehead atoms. The normalized spacial score (nSPS) is 22.8. The van der Waals surface area contributed by atoms with E-state index < -0.39 is 17.3 Å². The third kappa shape index (κ3) is 4.74. The largest absolute Gasteiger partial charge is 0.481 e. The summed E-state index contributed by atoms with van der Waals surface area (Å²) in [5.41, 5.74) is 0.593. The number of fused-ring (bicyclic) bond motifs is 1. The first-order chi connectivity index (χ1) is 14.0. The molecule has 8 heteroatoms. The molecule has 1 aromatic heterocycles. The molecule has 0 atom stereocenters. The van der Waals surface area contributed by atoms with Crippen molar-refractivity contribution < 1.29 is 14.3 Å². The molecular weight excluding hydrogens is 393 g/mol. The molecule has 0 amide bonds. The van der Waals surface area contributed by atoms with Gasteiger partial charge in [0, 0.05) is 17.0 Å². The first-order valence-electron chi connectivity index (χ1n) is 10.3. The number of nitrogens with zero attached hydrogens (tertiary/aromatic N) is 1. The molecule has 4 rings (SSSR count). The summed E-state index contributed by atoms with van der Waals surface area (Å²) >= 11 is 1.68. The predicted octanol–water partition coefficient (Wildman–Crippen LogP) is 4.29. The molecule has 0 radical (unpaired) electrons. The lowest BCUT2D eigenvalue weighted by Crippen LogP contribution is -2.23. The topological polar surface area (TPSA) is 95.1 Å². The van der Waals surface area contributed by atoms with Gasteiger partial charge in [0.25, 0.3) is 5.56 Å². The number of H-pyrrole nitrogens is 1. The molecule has 2 aliphatic rings. The van der Waals surface area contributed by atoms with E-state index in [2.05, 4.69) is 15.3 Å². The zero-order chi connectivity index (χ0) is 20.4. The van der Waals surface area contributed by atoms with Gasteiger partial charge in [-0.05, 0) is 50.7 Å². The van der Waals surface area contributed by atoms with Gasteiger partial charge in [0.1, 0.15) is 17.0 Å². The highest BCUT2D eigenvalue weighted by molar-refractivity contribution is 7.99. The van der Waals surface area contributed by atoms with Crippen LogP contribution in [0.4, 0.5) is 10.1 Å². The Labute approximate surface area is 172 Å². The first kappa shape index (κ1) is 20.2. The molecule has 0 aliphatic heterocycles. The number of hydrogen-bond donors (Lipinski definition) is 3. The van der Waals surface area contributed by atoms with Crippen molar-refractivity contribution in [3.8, 4) is 0 Å². The van der Waals surface area contributed by atoms with Crippen LogP contribution in [0.25, 0.3) is 10.9 Å². The van der Waals surface area contributed by atoms with Crippen LogP contribution in [0.15, 0.2) is 16.9 Å². The van der Waals surface area contributed by atoms with E-state index >= 15 is 0 Å². The molecule has 2 aromatic rings. The summed E-state index contributed by atoms with van der Waals surface area (Å²) in [7, 11) is 0. The van der Waals surface area contributed by atoms with Crippen molar-refractivity contribution in [1.29, 1.82) is 0 Å². The van der Waals surface area contributed by atoms with Gasteiger partial charge in [0.2, 0.25) is 0 Å². The number of rotatable bonds is 6. The lowest BCUT2D eigenvalue weighted by Gasteiger charge is -2.25. The fraction of sp³-hybridized carbons (Fsp3) is 0.571. The number of anilines is 1. The summed E-state index contributed by atoms with van der Waals surface area (Å²) in [5, 5.41) is 12.8. The van der Waals surface area contributed by atoms with Crippen LogP contribution in [-0.4, -0.2) is 32.3 Å². The minimum atomic E-state index is -0.710. The van der Waals surface area contributed by atoms with Gasteiger partial charge in [-0.15, -0.1) is 0 Å². The van der Waals surface area contributed by atoms with E-state index in [0.717, 1.165) is 25.7 Å². The van der Waals surface area contributed by atoms with Crippen LogP contribution in [0.3, 0.4) is 0 Å². The molecule has 2 aliphatic carbocycles. The Morgan fingerprint density at radius 2 is 1.93 bits per heavy atom. The molecule has 2 saturated carbocycles. The van der Waals surface area contributed by atoms with Crippen molar-refractivity contribution in [1.82, 2.24) is 9.97 Å². The van der Waals surface area contributed by atoms with Crippen molar-refractivity contribution in [3.63, 3.8) is 0 Å². The average Bonchev–Trinajstić information content (AvgIpc) is 3.19. The van der Waals surface area contributed by atoms with Crippen molar-refractivity contribution in [2.45, 2.75) is 68.4 Å². The van der Waals surface area contributed by atoms with Crippen LogP contribution in [0, 0.1) is 11.7 Å². The summed E-state index contributed by atoms with van der Waals surface area (Å²) in [5.74, 6) is -0.444. The zero-order valence-electron chi connectivity index (χ0n) is 16.2. The molecule has 0 unspecified atom stereocenters. The maximum absolute atomic E-state index is 14.5. The fourth-order valence-corrected chi connectivity index (χ4v) is 5.54. The highest BCUT2D eigenvalue weighted by Crippen LogP contribution is 2.33. The van der Waals surface area contributed by atoms with Crippen LogP contribution >= 0.6 is 11.8 Å². The van der Waals surface area contributed by atoms with E-state index in [1.165, 1.54) is 18.9 Å². The lowest BCUT2D eigenvalue weighted by atomic mass is 9.89. The predicted molar refractivity (Wildman–Crippen MR) is 113 cm³/mol. The summed E-state index contributed by atoms with van der Waals surface area (Å²) in [6, 6.07) is 3.50. The Hall–Kier alpha value is -2.09. The van der Waals surface area contributed by atoms with Crippen LogP contribution in [0.2, 0.25) is 0 Å². The molecular formula is C21H26FN3O3S. The van der Waals surface area contributed by atoms with Gasteiger partial charge in [0.05, 0.1) is 17.2 Å².